The van der Waals surface area contributed by atoms with Crippen LogP contribution in [-0.2, 0) is 19.5 Å². The molecule has 1 aromatic carbocycles. The number of hydrogen-bond acceptors (Lipinski definition) is 3. The third-order valence-corrected chi connectivity index (χ3v) is 2.87. The largest absolute Gasteiger partial charge is 0.465 e. The maximum absolute atomic E-state index is 12.3. The molecule has 0 amide bonds. The van der Waals surface area contributed by atoms with Gasteiger partial charge in [0.2, 0.25) is 0 Å². The molecule has 1 N–H and O–H groups in total. The molecule has 0 aliphatic rings. The standard InChI is InChI=1S/C15H17F2NO2/c1-2-12-7-8-13(19-12)10-18-9-11-5-3-4-6-14(11)20-15(16)17/h3-8,15,18H,2,9-10H2,1H3. The molecule has 0 aliphatic carbocycles. The van der Waals surface area contributed by atoms with Gasteiger partial charge in [-0.15, -0.1) is 0 Å². The van der Waals surface area contributed by atoms with Crippen LogP contribution < -0.4 is 10.1 Å². The number of hydrogen-bond donors (Lipinski definition) is 1. The van der Waals surface area contributed by atoms with Crippen LogP contribution in [0, 0.1) is 0 Å². The number of furan rings is 1. The molecule has 0 fully saturated rings. The summed E-state index contributed by atoms with van der Waals surface area (Å²) in [6.45, 7) is 0.190. The number of benzene rings is 1. The Morgan fingerprint density at radius 3 is 2.55 bits per heavy atom. The Morgan fingerprint density at radius 1 is 1.10 bits per heavy atom. The van der Waals surface area contributed by atoms with Gasteiger partial charge in [-0.1, -0.05) is 25.1 Å². The molecule has 3 nitrogen and oxygen atoms in total. The maximum Gasteiger partial charge on any atom is 0.387 e. The van der Waals surface area contributed by atoms with Crippen LogP contribution >= 0.6 is 0 Å². The van der Waals surface area contributed by atoms with Crippen molar-refractivity contribution in [3.8, 4) is 5.75 Å². The highest BCUT2D eigenvalue weighted by molar-refractivity contribution is 5.33. The Labute approximate surface area is 116 Å². The zero-order valence-corrected chi connectivity index (χ0v) is 11.2. The van der Waals surface area contributed by atoms with Gasteiger partial charge in [-0.3, -0.25) is 0 Å². The molecule has 0 atom stereocenters. The first-order valence-electron chi connectivity index (χ1n) is 6.50. The molecule has 0 saturated heterocycles. The number of alkyl halides is 2. The number of ether oxygens (including phenoxy) is 1. The van der Waals surface area contributed by atoms with Crippen LogP contribution in [0.25, 0.3) is 0 Å². The van der Waals surface area contributed by atoms with Crippen LogP contribution in [0.4, 0.5) is 8.78 Å². The zero-order chi connectivity index (χ0) is 14.4. The molecule has 0 aliphatic heterocycles. The number of aryl methyl sites for hydroxylation is 1. The maximum atomic E-state index is 12.3. The third-order valence-electron chi connectivity index (χ3n) is 2.87. The Hall–Kier alpha value is -1.88. The van der Waals surface area contributed by atoms with E-state index in [1.165, 1.54) is 6.07 Å². The van der Waals surface area contributed by atoms with E-state index in [0.29, 0.717) is 18.7 Å². The highest BCUT2D eigenvalue weighted by Crippen LogP contribution is 2.20. The fourth-order valence-corrected chi connectivity index (χ4v) is 1.89. The van der Waals surface area contributed by atoms with Crippen molar-refractivity contribution < 1.29 is 17.9 Å². The molecule has 0 bridgehead atoms. The first-order chi connectivity index (χ1) is 9.69. The van der Waals surface area contributed by atoms with E-state index in [0.717, 1.165) is 17.9 Å². The lowest BCUT2D eigenvalue weighted by atomic mass is 10.2. The van der Waals surface area contributed by atoms with Gasteiger partial charge in [0, 0.05) is 18.5 Å². The highest BCUT2D eigenvalue weighted by Gasteiger charge is 2.09. The first-order valence-corrected chi connectivity index (χ1v) is 6.50. The molecule has 0 radical (unpaired) electrons. The van der Waals surface area contributed by atoms with Crippen LogP contribution in [-0.4, -0.2) is 6.61 Å². The van der Waals surface area contributed by atoms with Crippen LogP contribution in [0.15, 0.2) is 40.8 Å². The SMILES string of the molecule is CCc1ccc(CNCc2ccccc2OC(F)F)o1. The van der Waals surface area contributed by atoms with Crippen molar-refractivity contribution in [3.63, 3.8) is 0 Å². The number of nitrogens with one attached hydrogen (secondary N) is 1. The average Bonchev–Trinajstić information content (AvgIpc) is 2.88. The smallest absolute Gasteiger partial charge is 0.387 e. The molecule has 2 aromatic rings. The van der Waals surface area contributed by atoms with Crippen molar-refractivity contribution >= 4 is 0 Å². The third kappa shape index (κ3) is 4.06. The molecule has 1 heterocycles. The van der Waals surface area contributed by atoms with E-state index < -0.39 is 6.61 Å². The average molecular weight is 281 g/mol. The summed E-state index contributed by atoms with van der Waals surface area (Å²) >= 11 is 0. The van der Waals surface area contributed by atoms with Crippen molar-refractivity contribution in [2.75, 3.05) is 0 Å². The van der Waals surface area contributed by atoms with Crippen molar-refractivity contribution in [3.05, 3.63) is 53.5 Å². The Bertz CT molecular complexity index is 540. The number of halogens is 2. The summed E-state index contributed by atoms with van der Waals surface area (Å²) in [6, 6.07) is 10.6. The molecule has 5 heteroatoms. The van der Waals surface area contributed by atoms with E-state index >= 15 is 0 Å². The minimum atomic E-state index is -2.81. The molecular formula is C15H17F2NO2. The van der Waals surface area contributed by atoms with Gasteiger partial charge in [0.25, 0.3) is 0 Å². The molecule has 1 aromatic heterocycles. The van der Waals surface area contributed by atoms with Crippen molar-refractivity contribution in [2.24, 2.45) is 0 Å². The van der Waals surface area contributed by atoms with Crippen molar-refractivity contribution in [2.45, 2.75) is 33.0 Å². The minimum Gasteiger partial charge on any atom is -0.465 e. The topological polar surface area (TPSA) is 34.4 Å². The van der Waals surface area contributed by atoms with Gasteiger partial charge in [-0.25, -0.2) is 0 Å². The second kappa shape index (κ2) is 7.05. The molecule has 2 rings (SSSR count). The van der Waals surface area contributed by atoms with Gasteiger partial charge < -0.3 is 14.5 Å². The minimum absolute atomic E-state index is 0.198. The summed E-state index contributed by atoms with van der Waals surface area (Å²) in [5, 5.41) is 3.15. The van der Waals surface area contributed by atoms with E-state index in [9.17, 15) is 8.78 Å². The monoisotopic (exact) mass is 281 g/mol. The lowest BCUT2D eigenvalue weighted by molar-refractivity contribution is -0.0505. The summed E-state index contributed by atoms with van der Waals surface area (Å²) < 4.78 is 34.6. The molecule has 20 heavy (non-hydrogen) atoms. The summed E-state index contributed by atoms with van der Waals surface area (Å²) in [4.78, 5) is 0. The van der Waals surface area contributed by atoms with E-state index in [1.807, 2.05) is 19.1 Å². The van der Waals surface area contributed by atoms with E-state index in [2.05, 4.69) is 10.1 Å². The quantitative estimate of drug-likeness (QED) is 0.839. The van der Waals surface area contributed by atoms with Crippen molar-refractivity contribution in [1.82, 2.24) is 5.32 Å². The second-order valence-corrected chi connectivity index (χ2v) is 4.31. The van der Waals surface area contributed by atoms with Gasteiger partial charge >= 0.3 is 6.61 Å². The van der Waals surface area contributed by atoms with Gasteiger partial charge in [0.05, 0.1) is 6.54 Å². The molecule has 0 saturated carbocycles. The number of rotatable bonds is 7. The highest BCUT2D eigenvalue weighted by atomic mass is 19.3. The van der Waals surface area contributed by atoms with Crippen LogP contribution in [0.1, 0.15) is 24.0 Å². The van der Waals surface area contributed by atoms with E-state index in [1.54, 1.807) is 18.2 Å². The summed E-state index contributed by atoms with van der Waals surface area (Å²) in [6.07, 6.45) is 0.852. The van der Waals surface area contributed by atoms with Crippen LogP contribution in [0.2, 0.25) is 0 Å². The van der Waals surface area contributed by atoms with Crippen LogP contribution in [0.3, 0.4) is 0 Å². The van der Waals surface area contributed by atoms with Gasteiger partial charge in [0.1, 0.15) is 17.3 Å². The zero-order valence-electron chi connectivity index (χ0n) is 11.2. The van der Waals surface area contributed by atoms with Crippen molar-refractivity contribution in [1.29, 1.82) is 0 Å². The predicted molar refractivity (Wildman–Crippen MR) is 71.7 cm³/mol. The molecule has 0 unspecified atom stereocenters. The molecule has 108 valence electrons. The Balaban J connectivity index is 1.90. The van der Waals surface area contributed by atoms with Gasteiger partial charge in [0.15, 0.2) is 0 Å². The lowest BCUT2D eigenvalue weighted by Crippen LogP contribution is -2.14. The first kappa shape index (κ1) is 14.5. The normalized spacial score (nSPS) is 11.0. The summed E-state index contributed by atoms with van der Waals surface area (Å²) in [5.74, 6) is 1.96. The summed E-state index contributed by atoms with van der Waals surface area (Å²) in [7, 11) is 0. The molecule has 0 spiro atoms. The van der Waals surface area contributed by atoms with E-state index in [-0.39, 0.29) is 5.75 Å². The Kier molecular flexibility index (Phi) is 5.12. The van der Waals surface area contributed by atoms with Gasteiger partial charge in [-0.05, 0) is 18.2 Å². The van der Waals surface area contributed by atoms with E-state index in [4.69, 9.17) is 4.42 Å². The van der Waals surface area contributed by atoms with Crippen LogP contribution in [0.5, 0.6) is 5.75 Å². The fourth-order valence-electron chi connectivity index (χ4n) is 1.89. The fraction of sp³-hybridized carbons (Fsp3) is 0.333. The lowest BCUT2D eigenvalue weighted by Gasteiger charge is -2.10. The number of para-hydroxylation sites is 1. The van der Waals surface area contributed by atoms with Gasteiger partial charge in [-0.2, -0.15) is 8.78 Å². The summed E-state index contributed by atoms with van der Waals surface area (Å²) in [5.41, 5.74) is 0.690. The predicted octanol–water partition coefficient (Wildman–Crippen LogP) is 3.73. The second-order valence-electron chi connectivity index (χ2n) is 4.31. The Morgan fingerprint density at radius 2 is 1.85 bits per heavy atom. The molecular weight excluding hydrogens is 264 g/mol.